The monoisotopic (exact) mass is 298 g/mol. The zero-order chi connectivity index (χ0) is 15.8. The Morgan fingerprint density at radius 1 is 1.29 bits per heavy atom. The number of rotatable bonds is 8. The minimum Gasteiger partial charge on any atom is -0.481 e. The molecule has 5 nitrogen and oxygen atoms in total. The topological polar surface area (TPSA) is 98.0 Å². The van der Waals surface area contributed by atoms with Crippen LogP contribution in [0.2, 0.25) is 0 Å². The van der Waals surface area contributed by atoms with Crippen molar-refractivity contribution in [1.82, 2.24) is 0 Å². The van der Waals surface area contributed by atoms with E-state index in [0.29, 0.717) is 25.7 Å². The summed E-state index contributed by atoms with van der Waals surface area (Å²) in [6.07, 6.45) is 8.05. The van der Waals surface area contributed by atoms with Gasteiger partial charge in [-0.05, 0) is 32.1 Å². The second kappa shape index (κ2) is 8.97. The molecule has 5 heteroatoms. The highest BCUT2D eigenvalue weighted by atomic mass is 16.4. The van der Waals surface area contributed by atoms with Crippen LogP contribution < -0.4 is 0 Å². The molecule has 1 aliphatic carbocycles. The molecule has 21 heavy (non-hydrogen) atoms. The number of unbranched alkanes of at least 4 members (excludes halogenated alkanes) is 1. The molecule has 0 amide bonds. The van der Waals surface area contributed by atoms with E-state index in [1.807, 2.05) is 12.2 Å². The molecule has 0 aromatic heterocycles. The lowest BCUT2D eigenvalue weighted by Gasteiger charge is -2.19. The van der Waals surface area contributed by atoms with Crippen molar-refractivity contribution in [2.75, 3.05) is 0 Å². The van der Waals surface area contributed by atoms with Crippen LogP contribution in [0.3, 0.4) is 0 Å². The third-order valence-electron chi connectivity index (χ3n) is 3.86. The minimum absolute atomic E-state index is 0.0641. The molecular weight excluding hydrogens is 272 g/mol. The Hall–Kier alpha value is -1.17. The summed E-state index contributed by atoms with van der Waals surface area (Å²) in [5, 5.41) is 37.8. The average molecular weight is 298 g/mol. The molecule has 1 aliphatic rings. The number of aliphatic hydroxyl groups excluding tert-OH is 3. The number of carboxylic acid groups (broad SMARTS) is 1. The molecule has 0 bridgehead atoms. The molecule has 0 saturated heterocycles. The molecule has 0 aliphatic heterocycles. The highest BCUT2D eigenvalue weighted by Crippen LogP contribution is 2.36. The summed E-state index contributed by atoms with van der Waals surface area (Å²) in [6, 6.07) is 0. The van der Waals surface area contributed by atoms with Crippen LogP contribution in [0.1, 0.15) is 39.0 Å². The van der Waals surface area contributed by atoms with Gasteiger partial charge in [0.2, 0.25) is 0 Å². The lowest BCUT2D eigenvalue weighted by atomic mass is 9.89. The molecule has 5 atom stereocenters. The van der Waals surface area contributed by atoms with Gasteiger partial charge in [-0.15, -0.1) is 0 Å². The highest BCUT2D eigenvalue weighted by molar-refractivity contribution is 5.66. The Labute approximate surface area is 125 Å². The largest absolute Gasteiger partial charge is 0.481 e. The fraction of sp³-hybridized carbons (Fsp3) is 0.688. The maximum atomic E-state index is 10.4. The fourth-order valence-electron chi connectivity index (χ4n) is 2.74. The van der Waals surface area contributed by atoms with E-state index in [2.05, 4.69) is 0 Å². The SMILES string of the molecule is C[C@H](O)C=C[C@@H]1[C@@H](C/C=C\CCCC(=O)O)[C@@H](O)C[C@H]1O. The van der Waals surface area contributed by atoms with Crippen molar-refractivity contribution < 1.29 is 25.2 Å². The maximum absolute atomic E-state index is 10.4. The Bertz CT molecular complexity index is 375. The van der Waals surface area contributed by atoms with E-state index in [1.165, 1.54) is 0 Å². The van der Waals surface area contributed by atoms with Crippen LogP contribution in [-0.2, 0) is 4.79 Å². The Kier molecular flexibility index (Phi) is 7.64. The van der Waals surface area contributed by atoms with Crippen LogP contribution in [-0.4, -0.2) is 44.7 Å². The van der Waals surface area contributed by atoms with Gasteiger partial charge in [-0.25, -0.2) is 0 Å². The van der Waals surface area contributed by atoms with E-state index < -0.39 is 24.3 Å². The van der Waals surface area contributed by atoms with Crippen LogP contribution >= 0.6 is 0 Å². The first-order valence-electron chi connectivity index (χ1n) is 7.51. The average Bonchev–Trinajstić information content (AvgIpc) is 2.65. The molecule has 0 spiro atoms. The van der Waals surface area contributed by atoms with Gasteiger partial charge in [0.15, 0.2) is 0 Å². The van der Waals surface area contributed by atoms with Crippen LogP contribution in [0.15, 0.2) is 24.3 Å². The normalized spacial score (nSPS) is 31.2. The van der Waals surface area contributed by atoms with Gasteiger partial charge >= 0.3 is 5.97 Å². The third-order valence-corrected chi connectivity index (χ3v) is 3.86. The molecule has 4 N–H and O–H groups in total. The second-order valence-corrected chi connectivity index (χ2v) is 5.73. The van der Waals surface area contributed by atoms with E-state index in [9.17, 15) is 20.1 Å². The summed E-state index contributed by atoms with van der Waals surface area (Å²) < 4.78 is 0. The standard InChI is InChI=1S/C16H26O5/c1-11(17)8-9-13-12(14(18)10-15(13)19)6-4-2-3-5-7-16(20)21/h2,4,8-9,11-15,17-19H,3,5-7,10H2,1H3,(H,20,21)/b4-2-,9-8?/t11-,12+,13+,14-,15+/m0/s1. The lowest BCUT2D eigenvalue weighted by molar-refractivity contribution is -0.137. The van der Waals surface area contributed by atoms with Gasteiger partial charge in [0.05, 0.1) is 18.3 Å². The van der Waals surface area contributed by atoms with E-state index in [1.54, 1.807) is 19.1 Å². The molecule has 0 unspecified atom stereocenters. The van der Waals surface area contributed by atoms with Crippen molar-refractivity contribution in [2.45, 2.75) is 57.3 Å². The summed E-state index contributed by atoms with van der Waals surface area (Å²) in [5.41, 5.74) is 0. The van der Waals surface area contributed by atoms with Crippen LogP contribution in [0.5, 0.6) is 0 Å². The number of hydrogen-bond acceptors (Lipinski definition) is 4. The quantitative estimate of drug-likeness (QED) is 0.402. The molecule has 0 aromatic rings. The summed E-state index contributed by atoms with van der Waals surface area (Å²) in [5.74, 6) is -1.01. The van der Waals surface area contributed by atoms with Crippen molar-refractivity contribution in [3.63, 3.8) is 0 Å². The number of aliphatic hydroxyl groups is 3. The van der Waals surface area contributed by atoms with Gasteiger partial charge in [-0.1, -0.05) is 24.3 Å². The molecule has 0 heterocycles. The summed E-state index contributed by atoms with van der Waals surface area (Å²) in [4.78, 5) is 10.4. The smallest absolute Gasteiger partial charge is 0.303 e. The van der Waals surface area contributed by atoms with E-state index in [4.69, 9.17) is 5.11 Å². The van der Waals surface area contributed by atoms with Crippen LogP contribution in [0.25, 0.3) is 0 Å². The van der Waals surface area contributed by atoms with E-state index in [0.717, 1.165) is 0 Å². The summed E-state index contributed by atoms with van der Waals surface area (Å²) >= 11 is 0. The van der Waals surface area contributed by atoms with Crippen molar-refractivity contribution in [1.29, 1.82) is 0 Å². The first-order valence-corrected chi connectivity index (χ1v) is 7.51. The summed E-state index contributed by atoms with van der Waals surface area (Å²) in [6.45, 7) is 1.64. The molecule has 1 fully saturated rings. The van der Waals surface area contributed by atoms with Gasteiger partial charge < -0.3 is 20.4 Å². The Morgan fingerprint density at radius 3 is 2.62 bits per heavy atom. The number of aliphatic carboxylic acids is 1. The fourth-order valence-corrected chi connectivity index (χ4v) is 2.74. The molecule has 0 aromatic carbocycles. The van der Waals surface area contributed by atoms with Crippen molar-refractivity contribution in [3.05, 3.63) is 24.3 Å². The van der Waals surface area contributed by atoms with E-state index in [-0.39, 0.29) is 18.3 Å². The predicted molar refractivity (Wildman–Crippen MR) is 79.7 cm³/mol. The van der Waals surface area contributed by atoms with Crippen molar-refractivity contribution in [3.8, 4) is 0 Å². The minimum atomic E-state index is -0.791. The zero-order valence-electron chi connectivity index (χ0n) is 12.4. The molecular formula is C16H26O5. The first kappa shape index (κ1) is 17.9. The Morgan fingerprint density at radius 2 is 2.00 bits per heavy atom. The van der Waals surface area contributed by atoms with Crippen LogP contribution in [0, 0.1) is 11.8 Å². The van der Waals surface area contributed by atoms with Gasteiger partial charge in [0, 0.05) is 18.8 Å². The zero-order valence-corrected chi connectivity index (χ0v) is 12.4. The molecule has 0 radical (unpaired) electrons. The van der Waals surface area contributed by atoms with Gasteiger partial charge in [-0.3, -0.25) is 4.79 Å². The number of hydrogen-bond donors (Lipinski definition) is 4. The highest BCUT2D eigenvalue weighted by Gasteiger charge is 2.39. The van der Waals surface area contributed by atoms with Crippen molar-refractivity contribution >= 4 is 5.97 Å². The van der Waals surface area contributed by atoms with Gasteiger partial charge in [-0.2, -0.15) is 0 Å². The second-order valence-electron chi connectivity index (χ2n) is 5.73. The lowest BCUT2D eigenvalue weighted by Crippen LogP contribution is -2.20. The Balaban J connectivity index is 2.46. The number of allylic oxidation sites excluding steroid dienone is 2. The molecule has 120 valence electrons. The van der Waals surface area contributed by atoms with E-state index >= 15 is 0 Å². The van der Waals surface area contributed by atoms with Gasteiger partial charge in [0.25, 0.3) is 0 Å². The van der Waals surface area contributed by atoms with Crippen LogP contribution in [0.4, 0.5) is 0 Å². The van der Waals surface area contributed by atoms with Crippen molar-refractivity contribution in [2.24, 2.45) is 11.8 Å². The molecule has 1 saturated carbocycles. The predicted octanol–water partition coefficient (Wildman–Crippen LogP) is 1.48. The first-order chi connectivity index (χ1) is 9.91. The molecule has 1 rings (SSSR count). The maximum Gasteiger partial charge on any atom is 0.303 e. The summed E-state index contributed by atoms with van der Waals surface area (Å²) in [7, 11) is 0. The third kappa shape index (κ3) is 6.42. The number of carboxylic acids is 1. The van der Waals surface area contributed by atoms with Gasteiger partial charge in [0.1, 0.15) is 0 Å². The number of carbonyl (C=O) groups is 1.